The Balaban J connectivity index is 1.99. The first kappa shape index (κ1) is 18.1. The van der Waals surface area contributed by atoms with Crippen LogP contribution < -0.4 is 10.1 Å². The van der Waals surface area contributed by atoms with E-state index < -0.39 is 0 Å². The molecule has 0 saturated carbocycles. The van der Waals surface area contributed by atoms with E-state index >= 15 is 0 Å². The summed E-state index contributed by atoms with van der Waals surface area (Å²) in [7, 11) is 0. The SMILES string of the molecule is CC[C@@H](NC(=O)COc1ccc(C)cc1C)c1ccc(C)cc1C. The zero-order chi connectivity index (χ0) is 17.7. The van der Waals surface area contributed by atoms with Crippen molar-refractivity contribution in [1.82, 2.24) is 5.32 Å². The number of rotatable bonds is 6. The van der Waals surface area contributed by atoms with Gasteiger partial charge in [0.2, 0.25) is 0 Å². The predicted molar refractivity (Wildman–Crippen MR) is 98.5 cm³/mol. The molecule has 0 fully saturated rings. The fourth-order valence-corrected chi connectivity index (χ4v) is 2.96. The Hall–Kier alpha value is -2.29. The number of hydrogen-bond acceptors (Lipinski definition) is 2. The number of carbonyl (C=O) groups is 1. The molecule has 1 amide bonds. The van der Waals surface area contributed by atoms with Gasteiger partial charge in [-0.25, -0.2) is 0 Å². The molecule has 128 valence electrons. The van der Waals surface area contributed by atoms with Crippen LogP contribution in [0, 0.1) is 27.7 Å². The van der Waals surface area contributed by atoms with E-state index in [-0.39, 0.29) is 18.6 Å². The van der Waals surface area contributed by atoms with E-state index in [9.17, 15) is 4.79 Å². The van der Waals surface area contributed by atoms with E-state index in [4.69, 9.17) is 4.74 Å². The Bertz CT molecular complexity index is 722. The molecule has 0 aliphatic heterocycles. The molecule has 0 unspecified atom stereocenters. The number of benzene rings is 2. The van der Waals surface area contributed by atoms with Crippen LogP contribution in [0.2, 0.25) is 0 Å². The third-order valence-corrected chi connectivity index (χ3v) is 4.23. The van der Waals surface area contributed by atoms with E-state index in [1.165, 1.54) is 22.3 Å². The molecular weight excluding hydrogens is 298 g/mol. The predicted octanol–water partition coefficient (Wildman–Crippen LogP) is 4.57. The summed E-state index contributed by atoms with van der Waals surface area (Å²) < 4.78 is 5.67. The van der Waals surface area contributed by atoms with Crippen molar-refractivity contribution in [3.63, 3.8) is 0 Å². The molecule has 0 heterocycles. The number of ether oxygens (including phenoxy) is 1. The van der Waals surface area contributed by atoms with Crippen LogP contribution in [0.5, 0.6) is 5.75 Å². The van der Waals surface area contributed by atoms with Gasteiger partial charge in [-0.3, -0.25) is 4.79 Å². The lowest BCUT2D eigenvalue weighted by Gasteiger charge is -2.20. The molecule has 3 nitrogen and oxygen atoms in total. The standard InChI is InChI=1S/C21H27NO2/c1-6-19(18-9-7-14(2)11-16(18)4)22-21(23)13-24-20-10-8-15(3)12-17(20)5/h7-12,19H,6,13H2,1-5H3,(H,22,23)/t19-/m1/s1. The highest BCUT2D eigenvalue weighted by molar-refractivity contribution is 5.78. The van der Waals surface area contributed by atoms with Crippen molar-refractivity contribution in [3.8, 4) is 5.75 Å². The van der Waals surface area contributed by atoms with Gasteiger partial charge in [0.15, 0.2) is 6.61 Å². The molecule has 0 saturated heterocycles. The number of hydrogen-bond donors (Lipinski definition) is 1. The van der Waals surface area contributed by atoms with Gasteiger partial charge in [0, 0.05) is 0 Å². The topological polar surface area (TPSA) is 38.3 Å². The summed E-state index contributed by atoms with van der Waals surface area (Å²) in [5.74, 6) is 0.664. The molecule has 0 aliphatic carbocycles. The highest BCUT2D eigenvalue weighted by Gasteiger charge is 2.15. The Morgan fingerprint density at radius 1 is 1.00 bits per heavy atom. The van der Waals surface area contributed by atoms with Gasteiger partial charge in [0.05, 0.1) is 6.04 Å². The van der Waals surface area contributed by atoms with Crippen molar-refractivity contribution in [1.29, 1.82) is 0 Å². The summed E-state index contributed by atoms with van der Waals surface area (Å²) in [6.07, 6.45) is 0.846. The molecule has 0 spiro atoms. The lowest BCUT2D eigenvalue weighted by atomic mass is 9.97. The summed E-state index contributed by atoms with van der Waals surface area (Å²) in [5, 5.41) is 3.08. The summed E-state index contributed by atoms with van der Waals surface area (Å²) in [5.41, 5.74) is 5.84. The van der Waals surface area contributed by atoms with Crippen LogP contribution in [0.4, 0.5) is 0 Å². The average Bonchev–Trinajstić information content (AvgIpc) is 2.52. The fourth-order valence-electron chi connectivity index (χ4n) is 2.96. The summed E-state index contributed by atoms with van der Waals surface area (Å²) in [6.45, 7) is 10.3. The Labute approximate surface area is 145 Å². The van der Waals surface area contributed by atoms with Gasteiger partial charge in [-0.05, 0) is 56.9 Å². The Morgan fingerprint density at radius 3 is 2.21 bits per heavy atom. The molecule has 2 aromatic carbocycles. The maximum Gasteiger partial charge on any atom is 0.258 e. The van der Waals surface area contributed by atoms with E-state index in [1.54, 1.807) is 0 Å². The lowest BCUT2D eigenvalue weighted by molar-refractivity contribution is -0.123. The highest BCUT2D eigenvalue weighted by Crippen LogP contribution is 2.22. The molecule has 3 heteroatoms. The van der Waals surface area contributed by atoms with Crippen molar-refractivity contribution in [2.24, 2.45) is 0 Å². The zero-order valence-corrected chi connectivity index (χ0v) is 15.3. The maximum atomic E-state index is 12.3. The van der Waals surface area contributed by atoms with Gasteiger partial charge in [-0.1, -0.05) is 48.4 Å². The van der Waals surface area contributed by atoms with Crippen molar-refractivity contribution in [3.05, 3.63) is 64.2 Å². The number of aryl methyl sites for hydroxylation is 4. The normalized spacial score (nSPS) is 11.9. The second-order valence-electron chi connectivity index (χ2n) is 6.45. The van der Waals surface area contributed by atoms with E-state index in [2.05, 4.69) is 50.4 Å². The molecule has 1 N–H and O–H groups in total. The van der Waals surface area contributed by atoms with Gasteiger partial charge in [-0.2, -0.15) is 0 Å². The van der Waals surface area contributed by atoms with Crippen LogP contribution in [0.15, 0.2) is 36.4 Å². The number of nitrogens with one attached hydrogen (secondary N) is 1. The highest BCUT2D eigenvalue weighted by atomic mass is 16.5. The van der Waals surface area contributed by atoms with Gasteiger partial charge in [0.1, 0.15) is 5.75 Å². The summed E-state index contributed by atoms with van der Waals surface area (Å²) in [6, 6.07) is 12.3. The molecule has 0 aliphatic rings. The molecule has 2 rings (SSSR count). The second kappa shape index (κ2) is 8.00. The van der Waals surface area contributed by atoms with E-state index in [0.717, 1.165) is 17.7 Å². The Morgan fingerprint density at radius 2 is 1.62 bits per heavy atom. The van der Waals surface area contributed by atoms with Gasteiger partial charge < -0.3 is 10.1 Å². The lowest BCUT2D eigenvalue weighted by Crippen LogP contribution is -2.32. The van der Waals surface area contributed by atoms with Crippen LogP contribution in [-0.4, -0.2) is 12.5 Å². The first-order valence-corrected chi connectivity index (χ1v) is 8.47. The van der Waals surface area contributed by atoms with Crippen molar-refractivity contribution >= 4 is 5.91 Å². The van der Waals surface area contributed by atoms with Crippen LogP contribution in [0.1, 0.15) is 47.2 Å². The quantitative estimate of drug-likeness (QED) is 0.845. The second-order valence-corrected chi connectivity index (χ2v) is 6.45. The maximum absolute atomic E-state index is 12.3. The third-order valence-electron chi connectivity index (χ3n) is 4.23. The first-order valence-electron chi connectivity index (χ1n) is 8.47. The van der Waals surface area contributed by atoms with E-state index in [0.29, 0.717) is 0 Å². The summed E-state index contributed by atoms with van der Waals surface area (Å²) in [4.78, 5) is 12.3. The van der Waals surface area contributed by atoms with Gasteiger partial charge >= 0.3 is 0 Å². The monoisotopic (exact) mass is 325 g/mol. The molecule has 0 radical (unpaired) electrons. The largest absolute Gasteiger partial charge is 0.484 e. The van der Waals surface area contributed by atoms with Crippen LogP contribution in [-0.2, 0) is 4.79 Å². The minimum atomic E-state index is -0.0956. The molecule has 1 atom stereocenters. The minimum Gasteiger partial charge on any atom is -0.484 e. The van der Waals surface area contributed by atoms with E-state index in [1.807, 2.05) is 26.0 Å². The van der Waals surface area contributed by atoms with Crippen LogP contribution in [0.25, 0.3) is 0 Å². The van der Waals surface area contributed by atoms with Gasteiger partial charge in [-0.15, -0.1) is 0 Å². The van der Waals surface area contributed by atoms with Crippen molar-refractivity contribution in [2.45, 2.75) is 47.1 Å². The molecule has 0 bridgehead atoms. The number of carbonyl (C=O) groups excluding carboxylic acids is 1. The van der Waals surface area contributed by atoms with Gasteiger partial charge in [0.25, 0.3) is 5.91 Å². The smallest absolute Gasteiger partial charge is 0.258 e. The first-order chi connectivity index (χ1) is 11.4. The minimum absolute atomic E-state index is 0.0146. The van der Waals surface area contributed by atoms with Crippen LogP contribution >= 0.6 is 0 Å². The Kier molecular flexibility index (Phi) is 6.02. The zero-order valence-electron chi connectivity index (χ0n) is 15.3. The number of amides is 1. The molecule has 2 aromatic rings. The van der Waals surface area contributed by atoms with Crippen molar-refractivity contribution in [2.75, 3.05) is 6.61 Å². The molecular formula is C21H27NO2. The summed E-state index contributed by atoms with van der Waals surface area (Å²) >= 11 is 0. The van der Waals surface area contributed by atoms with Crippen molar-refractivity contribution < 1.29 is 9.53 Å². The average molecular weight is 325 g/mol. The molecule has 0 aromatic heterocycles. The third kappa shape index (κ3) is 4.60. The molecule has 24 heavy (non-hydrogen) atoms. The fraction of sp³-hybridized carbons (Fsp3) is 0.381. The van der Waals surface area contributed by atoms with Crippen LogP contribution in [0.3, 0.4) is 0 Å².